The van der Waals surface area contributed by atoms with Crippen molar-refractivity contribution < 1.29 is 14.6 Å². The van der Waals surface area contributed by atoms with E-state index in [-0.39, 0.29) is 12.1 Å². The molecule has 3 N–H and O–H groups in total. The molecule has 21 heavy (non-hydrogen) atoms. The van der Waals surface area contributed by atoms with Gasteiger partial charge in [-0.1, -0.05) is 26.0 Å². The highest BCUT2D eigenvalue weighted by molar-refractivity contribution is 5.40. The van der Waals surface area contributed by atoms with E-state index in [0.717, 1.165) is 11.5 Å². The molecule has 1 aromatic carbocycles. The molecule has 2 rings (SSSR count). The van der Waals surface area contributed by atoms with Crippen molar-refractivity contribution in [1.82, 2.24) is 10.6 Å². The Hall–Kier alpha value is -1.30. The van der Waals surface area contributed by atoms with E-state index in [9.17, 15) is 5.11 Å². The van der Waals surface area contributed by atoms with Gasteiger partial charge in [0, 0.05) is 25.2 Å². The number of aliphatic hydroxyl groups is 1. The van der Waals surface area contributed by atoms with Crippen LogP contribution < -0.4 is 20.1 Å². The molecule has 5 nitrogen and oxygen atoms in total. The Bertz CT molecular complexity index is 439. The summed E-state index contributed by atoms with van der Waals surface area (Å²) < 4.78 is 11.6. The predicted octanol–water partition coefficient (Wildman–Crippen LogP) is 1.16. The van der Waals surface area contributed by atoms with Gasteiger partial charge in [-0.2, -0.15) is 0 Å². The maximum Gasteiger partial charge on any atom is 0.161 e. The van der Waals surface area contributed by atoms with E-state index in [2.05, 4.69) is 24.5 Å². The Balaban J connectivity index is 1.76. The molecule has 1 aliphatic heterocycles. The van der Waals surface area contributed by atoms with Crippen molar-refractivity contribution in [2.45, 2.75) is 45.1 Å². The molecule has 0 fully saturated rings. The zero-order valence-corrected chi connectivity index (χ0v) is 13.0. The second-order valence-electron chi connectivity index (χ2n) is 5.83. The van der Waals surface area contributed by atoms with E-state index >= 15 is 0 Å². The third-order valence-electron chi connectivity index (χ3n) is 3.53. The fourth-order valence-electron chi connectivity index (χ4n) is 2.18. The fraction of sp³-hybridized carbons (Fsp3) is 0.625. The van der Waals surface area contributed by atoms with Crippen LogP contribution in [-0.2, 0) is 0 Å². The predicted molar refractivity (Wildman–Crippen MR) is 83.0 cm³/mol. The first-order chi connectivity index (χ1) is 10.1. The van der Waals surface area contributed by atoms with Crippen molar-refractivity contribution >= 4 is 0 Å². The molecule has 0 spiro atoms. The minimum absolute atomic E-state index is 0.0508. The monoisotopic (exact) mass is 294 g/mol. The third kappa shape index (κ3) is 4.88. The summed E-state index contributed by atoms with van der Waals surface area (Å²) in [6, 6.07) is 8.17. The first-order valence-corrected chi connectivity index (χ1v) is 7.59. The zero-order valence-electron chi connectivity index (χ0n) is 13.0. The SMILES string of the molecule is CC(C)NC[C@H](O)CN[C@@H](C)[C@@H]1COc2ccccc2O1. The number of para-hydroxylation sites is 2. The van der Waals surface area contributed by atoms with Gasteiger partial charge in [0.05, 0.1) is 6.10 Å². The maximum absolute atomic E-state index is 9.91. The molecule has 1 aromatic rings. The number of benzene rings is 1. The van der Waals surface area contributed by atoms with Crippen LogP contribution in [0.2, 0.25) is 0 Å². The first kappa shape index (κ1) is 16.1. The van der Waals surface area contributed by atoms with Crippen LogP contribution in [0.3, 0.4) is 0 Å². The standard InChI is InChI=1S/C16H26N2O3/c1-11(2)17-8-13(19)9-18-12(3)16-10-20-14-6-4-5-7-15(14)21-16/h4-7,11-13,16-19H,8-10H2,1-3H3/t12-,13-,16-/m0/s1. The van der Waals surface area contributed by atoms with Gasteiger partial charge in [0.2, 0.25) is 0 Å². The van der Waals surface area contributed by atoms with Crippen LogP contribution in [0.15, 0.2) is 24.3 Å². The van der Waals surface area contributed by atoms with Crippen molar-refractivity contribution in [3.63, 3.8) is 0 Å². The van der Waals surface area contributed by atoms with Crippen molar-refractivity contribution in [3.8, 4) is 11.5 Å². The molecular formula is C16H26N2O3. The van der Waals surface area contributed by atoms with E-state index in [0.29, 0.717) is 25.7 Å². The van der Waals surface area contributed by atoms with Crippen LogP contribution in [0.4, 0.5) is 0 Å². The summed E-state index contributed by atoms with van der Waals surface area (Å²) in [5.74, 6) is 1.58. The summed E-state index contributed by atoms with van der Waals surface area (Å²) >= 11 is 0. The Morgan fingerprint density at radius 2 is 1.81 bits per heavy atom. The molecule has 5 heteroatoms. The highest BCUT2D eigenvalue weighted by atomic mass is 16.6. The second kappa shape index (κ2) is 7.64. The van der Waals surface area contributed by atoms with E-state index in [4.69, 9.17) is 9.47 Å². The Kier molecular flexibility index (Phi) is 5.85. The highest BCUT2D eigenvalue weighted by Gasteiger charge is 2.26. The number of hydrogen-bond acceptors (Lipinski definition) is 5. The summed E-state index contributed by atoms with van der Waals surface area (Å²) in [4.78, 5) is 0. The van der Waals surface area contributed by atoms with E-state index in [1.807, 2.05) is 31.2 Å². The lowest BCUT2D eigenvalue weighted by Gasteiger charge is -2.31. The smallest absolute Gasteiger partial charge is 0.161 e. The average Bonchev–Trinajstić information content (AvgIpc) is 2.50. The molecule has 0 amide bonds. The summed E-state index contributed by atoms with van der Waals surface area (Å²) in [7, 11) is 0. The van der Waals surface area contributed by atoms with Crippen molar-refractivity contribution in [2.75, 3.05) is 19.7 Å². The van der Waals surface area contributed by atoms with Gasteiger partial charge < -0.3 is 25.2 Å². The summed E-state index contributed by atoms with van der Waals surface area (Å²) in [6.45, 7) is 7.81. The summed E-state index contributed by atoms with van der Waals surface area (Å²) in [6.07, 6.45) is -0.461. The lowest BCUT2D eigenvalue weighted by atomic mass is 10.1. The van der Waals surface area contributed by atoms with Gasteiger partial charge in [-0.25, -0.2) is 0 Å². The molecule has 0 aliphatic carbocycles. The van der Waals surface area contributed by atoms with Crippen molar-refractivity contribution in [2.24, 2.45) is 0 Å². The minimum Gasteiger partial charge on any atom is -0.486 e. The number of ether oxygens (including phenoxy) is 2. The Morgan fingerprint density at radius 1 is 1.14 bits per heavy atom. The molecule has 0 saturated carbocycles. The number of nitrogens with one attached hydrogen (secondary N) is 2. The largest absolute Gasteiger partial charge is 0.486 e. The lowest BCUT2D eigenvalue weighted by Crippen LogP contribution is -2.49. The topological polar surface area (TPSA) is 62.8 Å². The van der Waals surface area contributed by atoms with Crippen LogP contribution >= 0.6 is 0 Å². The second-order valence-corrected chi connectivity index (χ2v) is 5.83. The van der Waals surface area contributed by atoms with Gasteiger partial charge in [-0.3, -0.25) is 0 Å². The molecule has 1 aliphatic rings. The molecule has 0 saturated heterocycles. The van der Waals surface area contributed by atoms with Gasteiger partial charge in [0.15, 0.2) is 11.5 Å². The van der Waals surface area contributed by atoms with Crippen LogP contribution in [0, 0.1) is 0 Å². The first-order valence-electron chi connectivity index (χ1n) is 7.59. The van der Waals surface area contributed by atoms with Crippen LogP contribution in [0.1, 0.15) is 20.8 Å². The van der Waals surface area contributed by atoms with Crippen LogP contribution in [0.25, 0.3) is 0 Å². The van der Waals surface area contributed by atoms with Crippen molar-refractivity contribution in [1.29, 1.82) is 0 Å². The molecule has 0 radical (unpaired) electrons. The number of fused-ring (bicyclic) bond motifs is 1. The van der Waals surface area contributed by atoms with Gasteiger partial charge in [-0.05, 0) is 19.1 Å². The van der Waals surface area contributed by atoms with E-state index in [1.54, 1.807) is 0 Å². The van der Waals surface area contributed by atoms with E-state index in [1.165, 1.54) is 0 Å². The van der Waals surface area contributed by atoms with Crippen LogP contribution in [-0.4, -0.2) is 49.1 Å². The molecule has 0 bridgehead atoms. The lowest BCUT2D eigenvalue weighted by molar-refractivity contribution is 0.0612. The van der Waals surface area contributed by atoms with Gasteiger partial charge in [0.1, 0.15) is 12.7 Å². The number of rotatable bonds is 7. The minimum atomic E-state index is -0.411. The summed E-state index contributed by atoms with van der Waals surface area (Å²) in [5, 5.41) is 16.4. The van der Waals surface area contributed by atoms with Crippen LogP contribution in [0.5, 0.6) is 11.5 Å². The molecule has 3 atom stereocenters. The number of aliphatic hydroxyl groups excluding tert-OH is 1. The number of hydrogen-bond donors (Lipinski definition) is 3. The molecule has 1 heterocycles. The third-order valence-corrected chi connectivity index (χ3v) is 3.53. The van der Waals surface area contributed by atoms with Gasteiger partial charge in [-0.15, -0.1) is 0 Å². The fourth-order valence-corrected chi connectivity index (χ4v) is 2.18. The Labute approximate surface area is 126 Å². The van der Waals surface area contributed by atoms with Crippen molar-refractivity contribution in [3.05, 3.63) is 24.3 Å². The molecular weight excluding hydrogens is 268 g/mol. The normalized spacial score (nSPS) is 20.3. The quantitative estimate of drug-likeness (QED) is 0.704. The molecule has 0 aromatic heterocycles. The van der Waals surface area contributed by atoms with E-state index < -0.39 is 6.10 Å². The summed E-state index contributed by atoms with van der Waals surface area (Å²) in [5.41, 5.74) is 0. The average molecular weight is 294 g/mol. The zero-order chi connectivity index (χ0) is 15.2. The maximum atomic E-state index is 9.91. The van der Waals surface area contributed by atoms with Gasteiger partial charge in [0.25, 0.3) is 0 Å². The molecule has 118 valence electrons. The van der Waals surface area contributed by atoms with Gasteiger partial charge >= 0.3 is 0 Å². The molecule has 0 unspecified atom stereocenters. The Morgan fingerprint density at radius 3 is 2.52 bits per heavy atom. The highest BCUT2D eigenvalue weighted by Crippen LogP contribution is 2.31.